The SMILES string of the molecule is CCOC(=O)c1cn(C2CC2)c2c(OC)c(N3C[C@@H]4CCCN[C@H]4C3)c(F)cc2c1=O. The summed E-state index contributed by atoms with van der Waals surface area (Å²) in [4.78, 5) is 27.6. The number of nitrogens with zero attached hydrogens (tertiary/aromatic N) is 2. The molecule has 2 aliphatic heterocycles. The molecule has 1 aromatic carbocycles. The summed E-state index contributed by atoms with van der Waals surface area (Å²) in [6.07, 6.45) is 5.70. The molecule has 7 nitrogen and oxygen atoms in total. The first kappa shape index (κ1) is 20.3. The molecular weight excluding hydrogens is 401 g/mol. The first-order valence-electron chi connectivity index (χ1n) is 11.1. The van der Waals surface area contributed by atoms with Gasteiger partial charge in [-0.1, -0.05) is 0 Å². The largest absolute Gasteiger partial charge is 0.492 e. The molecule has 0 amide bonds. The number of ether oxygens (including phenoxy) is 2. The molecule has 1 N–H and O–H groups in total. The number of benzene rings is 1. The standard InChI is InChI=1S/C23H28FN3O4/c1-3-31-23(29)16-11-27(14-6-7-14)19-15(21(16)28)9-17(24)20(22(19)30-2)26-10-13-5-4-8-25-18(13)12-26/h9,11,13-14,18,25H,3-8,10,12H2,1-2H3/t13-,18-/m0/s1. The lowest BCUT2D eigenvalue weighted by molar-refractivity contribution is 0.0524. The minimum absolute atomic E-state index is 0.0631. The van der Waals surface area contributed by atoms with E-state index in [1.807, 2.05) is 9.47 Å². The number of hydrogen-bond acceptors (Lipinski definition) is 6. The number of methoxy groups -OCH3 is 1. The van der Waals surface area contributed by atoms with Crippen LogP contribution in [-0.4, -0.2) is 49.9 Å². The van der Waals surface area contributed by atoms with E-state index in [1.165, 1.54) is 13.2 Å². The zero-order valence-corrected chi connectivity index (χ0v) is 17.9. The van der Waals surface area contributed by atoms with Crippen molar-refractivity contribution in [3.05, 3.63) is 33.9 Å². The number of halogens is 1. The number of carbonyl (C=O) groups is 1. The lowest BCUT2D eigenvalue weighted by Crippen LogP contribution is -2.40. The molecule has 2 saturated heterocycles. The van der Waals surface area contributed by atoms with Crippen LogP contribution < -0.4 is 20.4 Å². The van der Waals surface area contributed by atoms with E-state index in [0.29, 0.717) is 35.5 Å². The van der Waals surface area contributed by atoms with Crippen LogP contribution in [0.25, 0.3) is 10.9 Å². The van der Waals surface area contributed by atoms with Gasteiger partial charge < -0.3 is 24.3 Å². The Hall–Kier alpha value is -2.61. The molecule has 8 heteroatoms. The zero-order chi connectivity index (χ0) is 21.7. The number of esters is 1. The highest BCUT2D eigenvalue weighted by atomic mass is 19.1. The van der Waals surface area contributed by atoms with Gasteiger partial charge >= 0.3 is 5.97 Å². The van der Waals surface area contributed by atoms with Gasteiger partial charge in [-0.15, -0.1) is 0 Å². The molecule has 0 unspecified atom stereocenters. The van der Waals surface area contributed by atoms with Gasteiger partial charge in [-0.2, -0.15) is 0 Å². The van der Waals surface area contributed by atoms with Gasteiger partial charge in [0, 0.05) is 31.4 Å². The smallest absolute Gasteiger partial charge is 0.343 e. The maximum absolute atomic E-state index is 15.5. The Bertz CT molecular complexity index is 1080. The van der Waals surface area contributed by atoms with Crippen LogP contribution in [0.4, 0.5) is 10.1 Å². The van der Waals surface area contributed by atoms with E-state index in [-0.39, 0.29) is 23.6 Å². The van der Waals surface area contributed by atoms with E-state index in [2.05, 4.69) is 5.32 Å². The lowest BCUT2D eigenvalue weighted by Gasteiger charge is -2.25. The summed E-state index contributed by atoms with van der Waals surface area (Å²) in [5.41, 5.74) is 0.379. The summed E-state index contributed by atoms with van der Waals surface area (Å²) in [5.74, 6) is -0.330. The molecule has 3 aliphatic rings. The Morgan fingerprint density at radius 1 is 1.29 bits per heavy atom. The van der Waals surface area contributed by atoms with Gasteiger partial charge in [0.2, 0.25) is 5.43 Å². The van der Waals surface area contributed by atoms with Gasteiger partial charge in [-0.3, -0.25) is 4.79 Å². The number of piperidine rings is 1. The molecule has 2 aromatic rings. The van der Waals surface area contributed by atoms with Crippen LogP contribution >= 0.6 is 0 Å². The maximum atomic E-state index is 15.5. The Morgan fingerprint density at radius 2 is 2.10 bits per heavy atom. The maximum Gasteiger partial charge on any atom is 0.343 e. The highest BCUT2D eigenvalue weighted by molar-refractivity contribution is 5.97. The third-order valence-electron chi connectivity index (χ3n) is 6.75. The second kappa shape index (κ2) is 7.82. The number of rotatable bonds is 5. The number of pyridine rings is 1. The van der Waals surface area contributed by atoms with Gasteiger partial charge in [-0.25, -0.2) is 9.18 Å². The number of hydrogen-bond donors (Lipinski definition) is 1. The second-order valence-electron chi connectivity index (χ2n) is 8.74. The highest BCUT2D eigenvalue weighted by Crippen LogP contribution is 2.45. The van der Waals surface area contributed by atoms with Gasteiger partial charge in [0.15, 0.2) is 11.6 Å². The van der Waals surface area contributed by atoms with Crippen molar-refractivity contribution in [2.45, 2.75) is 44.7 Å². The summed E-state index contributed by atoms with van der Waals surface area (Å²) < 4.78 is 28.2. The van der Waals surface area contributed by atoms with Crippen LogP contribution in [-0.2, 0) is 4.74 Å². The van der Waals surface area contributed by atoms with Crippen LogP contribution in [0.2, 0.25) is 0 Å². The molecule has 31 heavy (non-hydrogen) atoms. The van der Waals surface area contributed by atoms with Gasteiger partial charge in [0.25, 0.3) is 0 Å². The fourth-order valence-electron chi connectivity index (χ4n) is 5.16. The predicted molar refractivity (Wildman–Crippen MR) is 116 cm³/mol. The number of aromatic nitrogens is 1. The monoisotopic (exact) mass is 429 g/mol. The average Bonchev–Trinajstić information content (AvgIpc) is 3.51. The highest BCUT2D eigenvalue weighted by Gasteiger charge is 2.38. The molecule has 3 heterocycles. The molecule has 5 rings (SSSR count). The number of fused-ring (bicyclic) bond motifs is 2. The fourth-order valence-corrected chi connectivity index (χ4v) is 5.16. The summed E-state index contributed by atoms with van der Waals surface area (Å²) >= 11 is 0. The summed E-state index contributed by atoms with van der Waals surface area (Å²) in [6.45, 7) is 4.31. The molecule has 1 aliphatic carbocycles. The van der Waals surface area contributed by atoms with E-state index < -0.39 is 17.2 Å². The Kier molecular flexibility index (Phi) is 5.12. The second-order valence-corrected chi connectivity index (χ2v) is 8.74. The van der Waals surface area contributed by atoms with Crippen molar-refractivity contribution in [1.29, 1.82) is 0 Å². The molecule has 0 bridgehead atoms. The van der Waals surface area contributed by atoms with Crippen molar-refractivity contribution in [3.63, 3.8) is 0 Å². The Morgan fingerprint density at radius 3 is 2.77 bits per heavy atom. The van der Waals surface area contributed by atoms with Crippen LogP contribution in [0.1, 0.15) is 49.0 Å². The van der Waals surface area contributed by atoms with E-state index in [1.54, 1.807) is 13.1 Å². The molecule has 3 fully saturated rings. The van der Waals surface area contributed by atoms with Crippen molar-refractivity contribution in [2.24, 2.45) is 5.92 Å². The van der Waals surface area contributed by atoms with E-state index in [0.717, 1.165) is 38.8 Å². The van der Waals surface area contributed by atoms with Crippen molar-refractivity contribution >= 4 is 22.6 Å². The first-order valence-corrected chi connectivity index (χ1v) is 11.1. The quantitative estimate of drug-likeness (QED) is 0.737. The molecule has 166 valence electrons. The molecule has 2 atom stereocenters. The van der Waals surface area contributed by atoms with Crippen molar-refractivity contribution in [2.75, 3.05) is 38.3 Å². The third kappa shape index (κ3) is 3.37. The molecule has 0 spiro atoms. The summed E-state index contributed by atoms with van der Waals surface area (Å²) in [5, 5.41) is 3.70. The zero-order valence-electron chi connectivity index (χ0n) is 17.9. The number of carbonyl (C=O) groups excluding carboxylic acids is 1. The normalized spacial score (nSPS) is 23.1. The van der Waals surface area contributed by atoms with Crippen molar-refractivity contribution < 1.29 is 18.7 Å². The van der Waals surface area contributed by atoms with Crippen LogP contribution in [0.5, 0.6) is 5.75 Å². The van der Waals surface area contributed by atoms with E-state index in [4.69, 9.17) is 9.47 Å². The fraction of sp³-hybridized carbons (Fsp3) is 0.565. The molecule has 0 radical (unpaired) electrons. The average molecular weight is 429 g/mol. The predicted octanol–water partition coefficient (Wildman–Crippen LogP) is 2.85. The molecule has 1 aromatic heterocycles. The molecule has 1 saturated carbocycles. The molecular formula is C23H28FN3O4. The minimum Gasteiger partial charge on any atom is -0.492 e. The minimum atomic E-state index is -0.679. The Labute approximate surface area is 180 Å². The van der Waals surface area contributed by atoms with E-state index in [9.17, 15) is 9.59 Å². The topological polar surface area (TPSA) is 72.8 Å². The van der Waals surface area contributed by atoms with E-state index >= 15 is 4.39 Å². The lowest BCUT2D eigenvalue weighted by atomic mass is 9.94. The van der Waals surface area contributed by atoms with Gasteiger partial charge in [0.05, 0.1) is 24.6 Å². The summed E-state index contributed by atoms with van der Waals surface area (Å²) in [7, 11) is 1.51. The van der Waals surface area contributed by atoms with Crippen molar-refractivity contribution in [3.8, 4) is 5.75 Å². The van der Waals surface area contributed by atoms with Gasteiger partial charge in [-0.05, 0) is 51.1 Å². The van der Waals surface area contributed by atoms with Gasteiger partial charge in [0.1, 0.15) is 11.3 Å². The number of nitrogens with one attached hydrogen (secondary N) is 1. The number of anilines is 1. The van der Waals surface area contributed by atoms with Crippen LogP contribution in [0, 0.1) is 11.7 Å². The summed E-state index contributed by atoms with van der Waals surface area (Å²) in [6, 6.07) is 1.77. The van der Waals surface area contributed by atoms with Crippen molar-refractivity contribution in [1.82, 2.24) is 9.88 Å². The Balaban J connectivity index is 1.70. The van der Waals surface area contributed by atoms with Crippen LogP contribution in [0.3, 0.4) is 0 Å². The first-order chi connectivity index (χ1) is 15.0. The van der Waals surface area contributed by atoms with Crippen LogP contribution in [0.15, 0.2) is 17.1 Å². The third-order valence-corrected chi connectivity index (χ3v) is 6.75.